The Balaban J connectivity index is 1.86. The second-order valence-corrected chi connectivity index (χ2v) is 5.84. The molecule has 136 valence electrons. The van der Waals surface area contributed by atoms with Gasteiger partial charge in [-0.05, 0) is 47.0 Å². The average Bonchev–Trinajstić information content (AvgIpc) is 2.91. The van der Waals surface area contributed by atoms with Crippen molar-refractivity contribution < 1.29 is 27.8 Å². The van der Waals surface area contributed by atoms with E-state index in [1.807, 2.05) is 6.07 Å². The number of carbonyl (C=O) groups excluding carboxylic acids is 1. The van der Waals surface area contributed by atoms with Gasteiger partial charge in [0, 0.05) is 6.54 Å². The summed E-state index contributed by atoms with van der Waals surface area (Å²) >= 11 is 3.39. The number of carbonyl (C=O) groups is 1. The number of methoxy groups -OCH3 is 2. The van der Waals surface area contributed by atoms with Gasteiger partial charge >= 0.3 is 11.9 Å². The van der Waals surface area contributed by atoms with E-state index in [-0.39, 0.29) is 18.1 Å². The quantitative estimate of drug-likeness (QED) is 0.741. The van der Waals surface area contributed by atoms with Crippen molar-refractivity contribution in [3.05, 3.63) is 44.3 Å². The molecule has 1 amide bonds. The van der Waals surface area contributed by atoms with E-state index in [0.717, 1.165) is 10.0 Å². The van der Waals surface area contributed by atoms with Crippen molar-refractivity contribution in [1.29, 1.82) is 0 Å². The summed E-state index contributed by atoms with van der Waals surface area (Å²) in [6.45, 7) is 1.70. The van der Waals surface area contributed by atoms with Crippen molar-refractivity contribution in [3.8, 4) is 11.5 Å². The number of aryl methyl sites for hydroxylation is 1. The summed E-state index contributed by atoms with van der Waals surface area (Å²) in [6.07, 6.45) is -0.117. The van der Waals surface area contributed by atoms with Crippen molar-refractivity contribution in [2.24, 2.45) is 0 Å². The highest BCUT2D eigenvalue weighted by molar-refractivity contribution is 9.10. The first-order valence-corrected chi connectivity index (χ1v) is 8.14. The molecule has 1 N–H and O–H groups in total. The first-order valence-electron chi connectivity index (χ1n) is 7.35. The Morgan fingerprint density at radius 3 is 2.52 bits per heavy atom. The molecule has 2 rings (SSSR count). The Morgan fingerprint density at radius 2 is 1.92 bits per heavy atom. The molecule has 0 atom stereocenters. The van der Waals surface area contributed by atoms with Gasteiger partial charge in [0.15, 0.2) is 18.1 Å². The fourth-order valence-electron chi connectivity index (χ4n) is 2.11. The molecule has 1 aromatic heterocycles. The topological polar surface area (TPSA) is 100 Å². The predicted octanol–water partition coefficient (Wildman–Crippen LogP) is 2.79. The smallest absolute Gasteiger partial charge is 0.496 e. The first-order chi connectivity index (χ1) is 11.9. The largest absolute Gasteiger partial charge is 0.519 e. The van der Waals surface area contributed by atoms with Gasteiger partial charge in [0.1, 0.15) is 11.5 Å². The van der Waals surface area contributed by atoms with Crippen LogP contribution in [0, 0.1) is 6.92 Å². The normalized spacial score (nSPS) is 10.4. The third kappa shape index (κ3) is 5.02. The molecule has 0 aliphatic heterocycles. The summed E-state index contributed by atoms with van der Waals surface area (Å²) in [5.74, 6) is 0.985. The van der Waals surface area contributed by atoms with E-state index in [4.69, 9.17) is 18.6 Å². The van der Waals surface area contributed by atoms with Crippen molar-refractivity contribution in [2.45, 2.75) is 20.0 Å². The maximum atomic E-state index is 11.7. The molecule has 9 heteroatoms. The van der Waals surface area contributed by atoms with Crippen molar-refractivity contribution in [1.82, 2.24) is 5.32 Å². The van der Waals surface area contributed by atoms with Gasteiger partial charge in [-0.2, -0.15) is 0 Å². The lowest BCUT2D eigenvalue weighted by atomic mass is 10.1. The SMILES string of the molecule is COc1cc(CCNC(=O)OCc2oc(=O)oc2C)c(OC)cc1Br. The molecule has 0 radical (unpaired) electrons. The molecule has 0 spiro atoms. The number of rotatable bonds is 7. The van der Waals surface area contributed by atoms with Gasteiger partial charge in [-0.1, -0.05) is 0 Å². The lowest BCUT2D eigenvalue weighted by molar-refractivity contribution is 0.130. The van der Waals surface area contributed by atoms with E-state index in [0.29, 0.717) is 24.5 Å². The summed E-state index contributed by atoms with van der Waals surface area (Å²) in [5, 5.41) is 2.61. The van der Waals surface area contributed by atoms with Gasteiger partial charge in [-0.15, -0.1) is 0 Å². The Hall–Kier alpha value is -2.42. The Morgan fingerprint density at radius 1 is 1.20 bits per heavy atom. The van der Waals surface area contributed by atoms with Crippen LogP contribution in [0.5, 0.6) is 11.5 Å². The molecule has 1 heterocycles. The van der Waals surface area contributed by atoms with Crippen LogP contribution >= 0.6 is 15.9 Å². The zero-order valence-corrected chi connectivity index (χ0v) is 15.6. The number of hydrogen-bond donors (Lipinski definition) is 1. The van der Waals surface area contributed by atoms with Crippen LogP contribution in [0.15, 0.2) is 30.2 Å². The molecule has 0 fully saturated rings. The Bertz CT molecular complexity index is 796. The molecular weight excluding hydrogens is 398 g/mol. The van der Waals surface area contributed by atoms with E-state index in [2.05, 4.69) is 25.7 Å². The third-order valence-electron chi connectivity index (χ3n) is 3.39. The molecular formula is C16H18BrNO7. The highest BCUT2D eigenvalue weighted by Gasteiger charge is 2.12. The lowest BCUT2D eigenvalue weighted by Crippen LogP contribution is -2.26. The zero-order chi connectivity index (χ0) is 18.4. The maximum Gasteiger partial charge on any atom is 0.519 e. The van der Waals surface area contributed by atoms with E-state index in [1.165, 1.54) is 0 Å². The fraction of sp³-hybridized carbons (Fsp3) is 0.375. The number of ether oxygens (including phenoxy) is 3. The van der Waals surface area contributed by atoms with Gasteiger partial charge < -0.3 is 28.4 Å². The average molecular weight is 416 g/mol. The lowest BCUT2D eigenvalue weighted by Gasteiger charge is -2.12. The molecule has 0 saturated heterocycles. The van der Waals surface area contributed by atoms with E-state index in [9.17, 15) is 9.59 Å². The summed E-state index contributed by atoms with van der Waals surface area (Å²) in [4.78, 5) is 22.6. The number of amides is 1. The molecule has 8 nitrogen and oxygen atoms in total. The van der Waals surface area contributed by atoms with Gasteiger partial charge in [0.2, 0.25) is 0 Å². The minimum atomic E-state index is -0.826. The molecule has 0 bridgehead atoms. The molecule has 0 saturated carbocycles. The molecule has 0 unspecified atom stereocenters. The van der Waals surface area contributed by atoms with Crippen LogP contribution < -0.4 is 20.6 Å². The highest BCUT2D eigenvalue weighted by Crippen LogP contribution is 2.32. The highest BCUT2D eigenvalue weighted by atomic mass is 79.9. The number of benzene rings is 1. The van der Waals surface area contributed by atoms with E-state index in [1.54, 1.807) is 27.2 Å². The van der Waals surface area contributed by atoms with Crippen LogP contribution in [0.25, 0.3) is 0 Å². The minimum Gasteiger partial charge on any atom is -0.496 e. The predicted molar refractivity (Wildman–Crippen MR) is 91.1 cm³/mol. The van der Waals surface area contributed by atoms with Crippen LogP contribution in [0.1, 0.15) is 17.1 Å². The monoisotopic (exact) mass is 415 g/mol. The van der Waals surface area contributed by atoms with E-state index >= 15 is 0 Å². The second-order valence-electron chi connectivity index (χ2n) is 4.98. The van der Waals surface area contributed by atoms with Crippen molar-refractivity contribution in [3.63, 3.8) is 0 Å². The first kappa shape index (κ1) is 18.9. The van der Waals surface area contributed by atoms with Crippen LogP contribution in [-0.2, 0) is 17.8 Å². The second kappa shape index (κ2) is 8.61. The molecule has 1 aromatic carbocycles. The van der Waals surface area contributed by atoms with Crippen LogP contribution in [0.3, 0.4) is 0 Å². The Labute approximate surface area is 152 Å². The summed E-state index contributed by atoms with van der Waals surface area (Å²) in [6, 6.07) is 3.63. The van der Waals surface area contributed by atoms with Gasteiger partial charge in [0.05, 0.1) is 18.7 Å². The van der Waals surface area contributed by atoms with Gasteiger partial charge in [-0.25, -0.2) is 9.59 Å². The van der Waals surface area contributed by atoms with Crippen LogP contribution in [0.4, 0.5) is 4.79 Å². The van der Waals surface area contributed by atoms with Gasteiger partial charge in [-0.3, -0.25) is 0 Å². The van der Waals surface area contributed by atoms with Crippen LogP contribution in [-0.4, -0.2) is 26.9 Å². The maximum absolute atomic E-state index is 11.7. The summed E-state index contributed by atoms with van der Waals surface area (Å²) in [7, 11) is 3.14. The van der Waals surface area contributed by atoms with Gasteiger partial charge in [0.25, 0.3) is 0 Å². The van der Waals surface area contributed by atoms with E-state index < -0.39 is 11.9 Å². The van der Waals surface area contributed by atoms with Crippen LogP contribution in [0.2, 0.25) is 0 Å². The van der Waals surface area contributed by atoms with Crippen molar-refractivity contribution >= 4 is 22.0 Å². The summed E-state index contributed by atoms with van der Waals surface area (Å²) < 4.78 is 25.8. The van der Waals surface area contributed by atoms with Crippen molar-refractivity contribution in [2.75, 3.05) is 20.8 Å². The molecule has 0 aliphatic carbocycles. The molecule has 25 heavy (non-hydrogen) atoms. The standard InChI is InChI=1S/C16H18BrNO7/c1-9-14(25-16(20)24-9)8-23-15(19)18-5-4-10-6-13(22-3)11(17)7-12(10)21-2/h6-7H,4-5,8H2,1-3H3,(H,18,19). The minimum absolute atomic E-state index is 0.180. The molecule has 0 aliphatic rings. The number of nitrogens with one attached hydrogen (secondary N) is 1. The third-order valence-corrected chi connectivity index (χ3v) is 4.01. The number of halogens is 1. The molecule has 2 aromatic rings. The zero-order valence-electron chi connectivity index (χ0n) is 14.0. The number of alkyl carbamates (subject to hydrolysis) is 1. The number of hydrogen-bond acceptors (Lipinski definition) is 7. The fourth-order valence-corrected chi connectivity index (χ4v) is 2.59. The Kier molecular flexibility index (Phi) is 6.51. The summed E-state index contributed by atoms with van der Waals surface area (Å²) in [5.41, 5.74) is 0.875.